The zero-order valence-electron chi connectivity index (χ0n) is 8.54. The van der Waals surface area contributed by atoms with Gasteiger partial charge in [-0.2, -0.15) is 0 Å². The normalized spacial score (nSPS) is 32.6. The minimum Gasteiger partial charge on any atom is -0.365 e. The van der Waals surface area contributed by atoms with Gasteiger partial charge in [0.15, 0.2) is 5.17 Å². The summed E-state index contributed by atoms with van der Waals surface area (Å²) in [7, 11) is 0. The van der Waals surface area contributed by atoms with E-state index in [9.17, 15) is 0 Å². The van der Waals surface area contributed by atoms with Crippen LogP contribution in [-0.2, 0) is 0 Å². The van der Waals surface area contributed by atoms with Gasteiger partial charge in [0.2, 0.25) is 0 Å². The molecule has 1 heterocycles. The lowest BCUT2D eigenvalue weighted by Crippen LogP contribution is -2.30. The van der Waals surface area contributed by atoms with E-state index in [1.165, 1.54) is 43.8 Å². The second-order valence-corrected chi connectivity index (χ2v) is 6.05. The van der Waals surface area contributed by atoms with Crippen LogP contribution in [0.1, 0.15) is 32.1 Å². The van der Waals surface area contributed by atoms with E-state index >= 15 is 0 Å². The number of nitrogens with zero attached hydrogens (tertiary/aromatic N) is 1. The number of hydrogen-bond donors (Lipinski definition) is 1. The summed E-state index contributed by atoms with van der Waals surface area (Å²) in [5, 5.41) is 5.56. The molecule has 0 bridgehead atoms. The maximum absolute atomic E-state index is 4.58. The van der Waals surface area contributed by atoms with Gasteiger partial charge in [0, 0.05) is 11.8 Å². The highest BCUT2D eigenvalue weighted by atomic mass is 32.2. The minimum atomic E-state index is 0.818. The zero-order chi connectivity index (χ0) is 9.38. The van der Waals surface area contributed by atoms with Crippen molar-refractivity contribution in [1.82, 2.24) is 5.32 Å². The minimum absolute atomic E-state index is 0.818. The number of amidine groups is 1. The van der Waals surface area contributed by atoms with Gasteiger partial charge in [0.1, 0.15) is 0 Å². The standard InChI is InChI=1S/C11H18N2S/c1-2-8(3-1)6-12-11-13-7-10(14-11)9-4-5-9/h8-10H,1-7H2,(H,12,13). The number of thioether (sulfide) groups is 1. The van der Waals surface area contributed by atoms with Crippen molar-refractivity contribution in [3.05, 3.63) is 0 Å². The summed E-state index contributed by atoms with van der Waals surface area (Å²) in [6.45, 7) is 2.24. The van der Waals surface area contributed by atoms with Crippen LogP contribution in [0.25, 0.3) is 0 Å². The third-order valence-electron chi connectivity index (χ3n) is 3.59. The lowest BCUT2D eigenvalue weighted by molar-refractivity contribution is 0.316. The number of nitrogens with one attached hydrogen (secondary N) is 1. The van der Waals surface area contributed by atoms with Crippen molar-refractivity contribution < 1.29 is 0 Å². The predicted octanol–water partition coefficient (Wildman–Crippen LogP) is 2.26. The Balaban J connectivity index is 1.40. The molecule has 3 aliphatic rings. The molecule has 0 amide bonds. The Labute approximate surface area is 89.9 Å². The Hall–Kier alpha value is -0.180. The summed E-state index contributed by atoms with van der Waals surface area (Å²) < 4.78 is 0. The summed E-state index contributed by atoms with van der Waals surface area (Å²) >= 11 is 2.00. The van der Waals surface area contributed by atoms with Crippen LogP contribution < -0.4 is 5.32 Å². The molecule has 1 N–H and O–H groups in total. The van der Waals surface area contributed by atoms with Crippen LogP contribution in [0, 0.1) is 11.8 Å². The molecule has 2 saturated carbocycles. The molecule has 2 fully saturated rings. The van der Waals surface area contributed by atoms with E-state index in [0.717, 1.165) is 23.6 Å². The van der Waals surface area contributed by atoms with Gasteiger partial charge in [-0.1, -0.05) is 18.2 Å². The smallest absolute Gasteiger partial charge is 0.156 e. The molecule has 0 spiro atoms. The molecular weight excluding hydrogens is 192 g/mol. The van der Waals surface area contributed by atoms with E-state index in [1.807, 2.05) is 11.8 Å². The number of rotatable bonds is 3. The molecule has 3 heteroatoms. The molecule has 0 aromatic heterocycles. The van der Waals surface area contributed by atoms with Crippen LogP contribution >= 0.6 is 11.8 Å². The molecule has 1 unspecified atom stereocenters. The van der Waals surface area contributed by atoms with Gasteiger partial charge in [-0.15, -0.1) is 0 Å². The highest BCUT2D eigenvalue weighted by Gasteiger charge is 2.35. The topological polar surface area (TPSA) is 24.4 Å². The molecule has 78 valence electrons. The van der Waals surface area contributed by atoms with Crippen LogP contribution in [0.3, 0.4) is 0 Å². The fourth-order valence-corrected chi connectivity index (χ4v) is 3.35. The maximum Gasteiger partial charge on any atom is 0.156 e. The van der Waals surface area contributed by atoms with Gasteiger partial charge >= 0.3 is 0 Å². The van der Waals surface area contributed by atoms with Crippen molar-refractivity contribution in [3.63, 3.8) is 0 Å². The maximum atomic E-state index is 4.58. The summed E-state index contributed by atoms with van der Waals surface area (Å²) in [5.74, 6) is 1.94. The molecule has 14 heavy (non-hydrogen) atoms. The summed E-state index contributed by atoms with van der Waals surface area (Å²) in [6.07, 6.45) is 7.19. The third kappa shape index (κ3) is 1.92. The number of hydrogen-bond acceptors (Lipinski definition) is 3. The lowest BCUT2D eigenvalue weighted by atomic mass is 9.86. The van der Waals surface area contributed by atoms with E-state index in [2.05, 4.69) is 10.3 Å². The Kier molecular flexibility index (Phi) is 2.44. The molecule has 1 atom stereocenters. The first-order valence-corrected chi connectivity index (χ1v) is 6.75. The summed E-state index contributed by atoms with van der Waals surface area (Å²) in [4.78, 5) is 4.58. The van der Waals surface area contributed by atoms with Gasteiger partial charge in [0.05, 0.1) is 6.54 Å². The fraction of sp³-hybridized carbons (Fsp3) is 0.909. The molecule has 0 aromatic rings. The SMILES string of the molecule is C1CC(CNC2=NCC(C3CC3)S2)C1. The molecule has 3 rings (SSSR count). The molecule has 0 radical (unpaired) electrons. The second-order valence-electron chi connectivity index (χ2n) is 4.82. The largest absolute Gasteiger partial charge is 0.365 e. The van der Waals surface area contributed by atoms with Crippen molar-refractivity contribution in [2.24, 2.45) is 16.8 Å². The van der Waals surface area contributed by atoms with Crippen molar-refractivity contribution in [2.45, 2.75) is 37.4 Å². The zero-order valence-corrected chi connectivity index (χ0v) is 9.35. The van der Waals surface area contributed by atoms with Gasteiger partial charge in [0.25, 0.3) is 0 Å². The van der Waals surface area contributed by atoms with Crippen molar-refractivity contribution in [1.29, 1.82) is 0 Å². The predicted molar refractivity (Wildman–Crippen MR) is 61.7 cm³/mol. The lowest BCUT2D eigenvalue weighted by Gasteiger charge is -2.25. The summed E-state index contributed by atoms with van der Waals surface area (Å²) in [5.41, 5.74) is 0. The van der Waals surface area contributed by atoms with E-state index in [0.29, 0.717) is 0 Å². The third-order valence-corrected chi connectivity index (χ3v) is 4.93. The van der Waals surface area contributed by atoms with Gasteiger partial charge in [-0.25, -0.2) is 0 Å². The molecule has 2 aliphatic carbocycles. The first kappa shape index (κ1) is 9.08. The van der Waals surface area contributed by atoms with Crippen LogP contribution in [0.4, 0.5) is 0 Å². The van der Waals surface area contributed by atoms with E-state index < -0.39 is 0 Å². The Bertz CT molecular complexity index is 244. The van der Waals surface area contributed by atoms with Crippen LogP contribution in [-0.4, -0.2) is 23.5 Å². The quantitative estimate of drug-likeness (QED) is 0.772. The Morgan fingerprint density at radius 2 is 2.14 bits per heavy atom. The number of aliphatic imine (C=N–C) groups is 1. The molecule has 0 aromatic carbocycles. The van der Waals surface area contributed by atoms with Gasteiger partial charge in [-0.05, 0) is 37.5 Å². The van der Waals surface area contributed by atoms with Crippen molar-refractivity contribution in [3.8, 4) is 0 Å². The summed E-state index contributed by atoms with van der Waals surface area (Å²) in [6, 6.07) is 0. The average molecular weight is 210 g/mol. The van der Waals surface area contributed by atoms with Gasteiger partial charge < -0.3 is 5.32 Å². The Morgan fingerprint density at radius 3 is 2.79 bits per heavy atom. The molecule has 1 aliphatic heterocycles. The first-order valence-electron chi connectivity index (χ1n) is 5.87. The van der Waals surface area contributed by atoms with Crippen molar-refractivity contribution in [2.75, 3.05) is 13.1 Å². The van der Waals surface area contributed by atoms with Crippen LogP contribution in [0.5, 0.6) is 0 Å². The van der Waals surface area contributed by atoms with Crippen molar-refractivity contribution >= 4 is 16.9 Å². The van der Waals surface area contributed by atoms with E-state index in [1.54, 1.807) is 0 Å². The van der Waals surface area contributed by atoms with Gasteiger partial charge in [-0.3, -0.25) is 4.99 Å². The first-order chi connectivity index (χ1) is 6.92. The average Bonchev–Trinajstić information content (AvgIpc) is 2.85. The van der Waals surface area contributed by atoms with E-state index in [4.69, 9.17) is 0 Å². The highest BCUT2D eigenvalue weighted by molar-refractivity contribution is 8.14. The fourth-order valence-electron chi connectivity index (χ4n) is 2.13. The van der Waals surface area contributed by atoms with Crippen LogP contribution in [0.15, 0.2) is 4.99 Å². The van der Waals surface area contributed by atoms with Crippen LogP contribution in [0.2, 0.25) is 0 Å². The van der Waals surface area contributed by atoms with E-state index in [-0.39, 0.29) is 0 Å². The Morgan fingerprint density at radius 1 is 1.29 bits per heavy atom. The second kappa shape index (κ2) is 3.76. The molecule has 0 saturated heterocycles. The molecular formula is C11H18N2S. The molecule has 2 nitrogen and oxygen atoms in total. The highest BCUT2D eigenvalue weighted by Crippen LogP contribution is 2.41. The monoisotopic (exact) mass is 210 g/mol.